The Morgan fingerprint density at radius 1 is 1.05 bits per heavy atom. The lowest BCUT2D eigenvalue weighted by molar-refractivity contribution is 0.487. The molecule has 0 saturated carbocycles. The van der Waals surface area contributed by atoms with Gasteiger partial charge in [-0.2, -0.15) is 0 Å². The molecule has 2 nitrogen and oxygen atoms in total. The van der Waals surface area contributed by atoms with Crippen molar-refractivity contribution in [3.63, 3.8) is 0 Å². The highest BCUT2D eigenvalue weighted by Gasteiger charge is 2.20. The van der Waals surface area contributed by atoms with Gasteiger partial charge in [0.1, 0.15) is 5.76 Å². The molecular formula is C16H21NOS. The van der Waals surface area contributed by atoms with Crippen molar-refractivity contribution in [1.82, 2.24) is 0 Å². The number of thioether (sulfide) groups is 1. The third kappa shape index (κ3) is 3.64. The molecule has 2 N–H and O–H groups in total. The van der Waals surface area contributed by atoms with Crippen LogP contribution in [0.15, 0.2) is 52.0 Å². The van der Waals surface area contributed by atoms with Crippen molar-refractivity contribution in [2.45, 2.75) is 42.9 Å². The van der Waals surface area contributed by atoms with Crippen LogP contribution in [-0.4, -0.2) is 6.04 Å². The summed E-state index contributed by atoms with van der Waals surface area (Å²) in [4.78, 5) is 1.23. The van der Waals surface area contributed by atoms with E-state index in [4.69, 9.17) is 10.2 Å². The van der Waals surface area contributed by atoms with Crippen LogP contribution in [0.4, 0.5) is 0 Å². The second-order valence-electron chi connectivity index (χ2n) is 5.14. The molecule has 102 valence electrons. The zero-order valence-corrected chi connectivity index (χ0v) is 12.5. The smallest absolute Gasteiger partial charge is 0.118 e. The maximum Gasteiger partial charge on any atom is 0.118 e. The van der Waals surface area contributed by atoms with Crippen molar-refractivity contribution < 1.29 is 4.42 Å². The number of benzene rings is 1. The maximum atomic E-state index is 6.07. The summed E-state index contributed by atoms with van der Waals surface area (Å²) in [6.45, 7) is 6.42. The lowest BCUT2D eigenvalue weighted by atomic mass is 10.0. The van der Waals surface area contributed by atoms with Crippen LogP contribution in [-0.2, 0) is 0 Å². The highest BCUT2D eigenvalue weighted by atomic mass is 32.2. The molecule has 0 aliphatic carbocycles. The molecule has 19 heavy (non-hydrogen) atoms. The summed E-state index contributed by atoms with van der Waals surface area (Å²) in [5, 5.41) is 0.153. The molecule has 0 bridgehead atoms. The minimum absolute atomic E-state index is 0.0425. The predicted octanol–water partition coefficient (Wildman–Crippen LogP) is 4.58. The first-order valence-corrected chi connectivity index (χ1v) is 7.51. The van der Waals surface area contributed by atoms with Gasteiger partial charge < -0.3 is 10.2 Å². The zero-order valence-electron chi connectivity index (χ0n) is 11.7. The molecule has 0 spiro atoms. The lowest BCUT2D eigenvalue weighted by Crippen LogP contribution is -2.22. The van der Waals surface area contributed by atoms with E-state index in [0.29, 0.717) is 5.92 Å². The SMILES string of the molecule is CC(C)c1ccc(SC(c2ccco2)C(C)N)cc1. The molecule has 2 aromatic rings. The summed E-state index contributed by atoms with van der Waals surface area (Å²) in [7, 11) is 0. The molecule has 1 heterocycles. The highest BCUT2D eigenvalue weighted by Crippen LogP contribution is 2.37. The lowest BCUT2D eigenvalue weighted by Gasteiger charge is -2.18. The monoisotopic (exact) mass is 275 g/mol. The number of hydrogen-bond acceptors (Lipinski definition) is 3. The Morgan fingerprint density at radius 2 is 1.74 bits per heavy atom. The summed E-state index contributed by atoms with van der Waals surface area (Å²) < 4.78 is 5.49. The van der Waals surface area contributed by atoms with Gasteiger partial charge in [0.2, 0.25) is 0 Å². The Balaban J connectivity index is 2.13. The fraction of sp³-hybridized carbons (Fsp3) is 0.375. The molecule has 0 saturated heterocycles. The van der Waals surface area contributed by atoms with E-state index in [1.54, 1.807) is 18.0 Å². The van der Waals surface area contributed by atoms with Crippen LogP contribution in [0.1, 0.15) is 43.3 Å². The van der Waals surface area contributed by atoms with E-state index in [1.165, 1.54) is 10.5 Å². The highest BCUT2D eigenvalue weighted by molar-refractivity contribution is 7.99. The molecule has 0 radical (unpaired) electrons. The Hall–Kier alpha value is -1.19. The Bertz CT molecular complexity index is 488. The van der Waals surface area contributed by atoms with Gasteiger partial charge in [0, 0.05) is 10.9 Å². The Labute approximate surface area is 119 Å². The molecular weight excluding hydrogens is 254 g/mol. The van der Waals surface area contributed by atoms with Gasteiger partial charge in [0.25, 0.3) is 0 Å². The van der Waals surface area contributed by atoms with Crippen molar-refractivity contribution in [2.75, 3.05) is 0 Å². The number of hydrogen-bond donors (Lipinski definition) is 1. The maximum absolute atomic E-state index is 6.07. The van der Waals surface area contributed by atoms with E-state index < -0.39 is 0 Å². The molecule has 2 unspecified atom stereocenters. The quantitative estimate of drug-likeness (QED) is 0.812. The van der Waals surface area contributed by atoms with Crippen LogP contribution in [0.3, 0.4) is 0 Å². The van der Waals surface area contributed by atoms with Crippen LogP contribution < -0.4 is 5.73 Å². The fourth-order valence-electron chi connectivity index (χ4n) is 1.96. The summed E-state index contributed by atoms with van der Waals surface area (Å²) in [6, 6.07) is 12.6. The van der Waals surface area contributed by atoms with Crippen LogP contribution >= 0.6 is 11.8 Å². The zero-order chi connectivity index (χ0) is 13.8. The first-order valence-electron chi connectivity index (χ1n) is 6.63. The van der Waals surface area contributed by atoms with Crippen molar-refractivity contribution in [3.8, 4) is 0 Å². The minimum atomic E-state index is 0.0425. The standard InChI is InChI=1S/C16H21NOS/c1-11(2)13-6-8-14(9-7-13)19-16(12(3)17)15-5-4-10-18-15/h4-12,16H,17H2,1-3H3. The fourth-order valence-corrected chi connectivity index (χ4v) is 3.01. The van der Waals surface area contributed by atoms with E-state index >= 15 is 0 Å². The largest absolute Gasteiger partial charge is 0.468 e. The summed E-state index contributed by atoms with van der Waals surface area (Å²) in [6.07, 6.45) is 1.70. The number of rotatable bonds is 5. The number of furan rings is 1. The first-order chi connectivity index (χ1) is 9.08. The van der Waals surface area contributed by atoms with Gasteiger partial charge in [-0.1, -0.05) is 26.0 Å². The van der Waals surface area contributed by atoms with E-state index in [2.05, 4.69) is 38.1 Å². The average molecular weight is 275 g/mol. The minimum Gasteiger partial charge on any atom is -0.468 e. The molecule has 0 fully saturated rings. The predicted molar refractivity (Wildman–Crippen MR) is 81.5 cm³/mol. The van der Waals surface area contributed by atoms with Gasteiger partial charge in [0.15, 0.2) is 0 Å². The third-order valence-corrected chi connectivity index (χ3v) is 4.57. The van der Waals surface area contributed by atoms with Gasteiger partial charge in [-0.05, 0) is 42.7 Å². The van der Waals surface area contributed by atoms with Crippen molar-refractivity contribution in [2.24, 2.45) is 5.73 Å². The second kappa shape index (κ2) is 6.31. The van der Waals surface area contributed by atoms with Gasteiger partial charge in [-0.25, -0.2) is 0 Å². The van der Waals surface area contributed by atoms with Crippen molar-refractivity contribution >= 4 is 11.8 Å². The molecule has 2 atom stereocenters. The molecule has 3 heteroatoms. The van der Waals surface area contributed by atoms with E-state index in [-0.39, 0.29) is 11.3 Å². The van der Waals surface area contributed by atoms with E-state index in [9.17, 15) is 0 Å². The van der Waals surface area contributed by atoms with Crippen LogP contribution in [0.25, 0.3) is 0 Å². The van der Waals surface area contributed by atoms with Gasteiger partial charge in [-0.15, -0.1) is 11.8 Å². The number of nitrogens with two attached hydrogens (primary N) is 1. The van der Waals surface area contributed by atoms with Gasteiger partial charge >= 0.3 is 0 Å². The average Bonchev–Trinajstić information content (AvgIpc) is 2.89. The van der Waals surface area contributed by atoms with Gasteiger partial charge in [0.05, 0.1) is 11.5 Å². The van der Waals surface area contributed by atoms with Crippen molar-refractivity contribution in [1.29, 1.82) is 0 Å². The molecule has 2 rings (SSSR count). The third-order valence-electron chi connectivity index (χ3n) is 3.11. The first kappa shape index (κ1) is 14.2. The van der Waals surface area contributed by atoms with E-state index in [1.807, 2.05) is 19.1 Å². The second-order valence-corrected chi connectivity index (χ2v) is 6.35. The molecule has 0 amide bonds. The molecule has 1 aromatic carbocycles. The molecule has 0 aliphatic heterocycles. The Morgan fingerprint density at radius 3 is 2.21 bits per heavy atom. The van der Waals surface area contributed by atoms with Crippen LogP contribution in [0, 0.1) is 0 Å². The van der Waals surface area contributed by atoms with E-state index in [0.717, 1.165) is 5.76 Å². The Kier molecular flexibility index (Phi) is 4.72. The summed E-state index contributed by atoms with van der Waals surface area (Å²) >= 11 is 1.76. The summed E-state index contributed by atoms with van der Waals surface area (Å²) in [5.74, 6) is 1.50. The van der Waals surface area contributed by atoms with Crippen LogP contribution in [0.5, 0.6) is 0 Å². The molecule has 1 aromatic heterocycles. The summed E-state index contributed by atoms with van der Waals surface area (Å²) in [5.41, 5.74) is 7.43. The van der Waals surface area contributed by atoms with Crippen LogP contribution in [0.2, 0.25) is 0 Å². The topological polar surface area (TPSA) is 39.2 Å². The molecule has 0 aliphatic rings. The van der Waals surface area contributed by atoms with Gasteiger partial charge in [-0.3, -0.25) is 0 Å². The normalized spacial score (nSPS) is 14.6. The van der Waals surface area contributed by atoms with Crippen molar-refractivity contribution in [3.05, 3.63) is 54.0 Å².